The minimum atomic E-state index is -0.607. The zero-order valence-electron chi connectivity index (χ0n) is 15.6. The first-order chi connectivity index (χ1) is 13.3. The third kappa shape index (κ3) is 3.96. The van der Waals surface area contributed by atoms with Gasteiger partial charge in [-0.3, -0.25) is 9.78 Å². The van der Waals surface area contributed by atoms with Crippen LogP contribution in [0.2, 0.25) is 10.0 Å². The van der Waals surface area contributed by atoms with Crippen LogP contribution in [0, 0.1) is 20.8 Å². The lowest BCUT2D eigenvalue weighted by Crippen LogP contribution is -2.22. The van der Waals surface area contributed by atoms with Crippen LogP contribution >= 0.6 is 23.2 Å². The fraction of sp³-hybridized carbons (Fsp3) is 0.190. The minimum absolute atomic E-state index is 0.295. The van der Waals surface area contributed by atoms with Crippen molar-refractivity contribution in [3.05, 3.63) is 68.8 Å². The number of aryl methyl sites for hydroxylation is 3. The smallest absolute Gasteiger partial charge is 0.340 e. The number of hydrogen-bond acceptors (Lipinski definition) is 4. The highest BCUT2D eigenvalue weighted by atomic mass is 35.5. The number of aromatic nitrogens is 1. The summed E-state index contributed by atoms with van der Waals surface area (Å²) in [6, 6.07) is 10.9. The Balaban J connectivity index is 1.75. The van der Waals surface area contributed by atoms with Crippen LogP contribution in [0.3, 0.4) is 0 Å². The van der Waals surface area contributed by atoms with Gasteiger partial charge in [0.2, 0.25) is 0 Å². The van der Waals surface area contributed by atoms with E-state index >= 15 is 0 Å². The average molecular weight is 417 g/mol. The molecule has 0 radical (unpaired) electrons. The van der Waals surface area contributed by atoms with Crippen LogP contribution in [0.5, 0.6) is 0 Å². The number of esters is 1. The van der Waals surface area contributed by atoms with Gasteiger partial charge in [0.25, 0.3) is 5.91 Å². The zero-order valence-corrected chi connectivity index (χ0v) is 17.1. The maximum Gasteiger partial charge on any atom is 0.340 e. The fourth-order valence-corrected chi connectivity index (χ4v) is 3.45. The predicted molar refractivity (Wildman–Crippen MR) is 111 cm³/mol. The molecule has 7 heteroatoms. The second kappa shape index (κ2) is 8.17. The van der Waals surface area contributed by atoms with E-state index in [-0.39, 0.29) is 0 Å². The van der Waals surface area contributed by atoms with Crippen molar-refractivity contribution < 1.29 is 14.3 Å². The molecule has 5 nitrogen and oxygen atoms in total. The topological polar surface area (TPSA) is 68.3 Å². The quantitative estimate of drug-likeness (QED) is 0.588. The summed E-state index contributed by atoms with van der Waals surface area (Å²) in [5, 5.41) is 4.10. The van der Waals surface area contributed by atoms with Crippen molar-refractivity contribution in [3.8, 4) is 0 Å². The van der Waals surface area contributed by atoms with Crippen molar-refractivity contribution in [2.75, 3.05) is 11.9 Å². The monoisotopic (exact) mass is 416 g/mol. The van der Waals surface area contributed by atoms with E-state index in [1.165, 1.54) is 0 Å². The van der Waals surface area contributed by atoms with Gasteiger partial charge in [0, 0.05) is 5.39 Å². The van der Waals surface area contributed by atoms with Crippen LogP contribution in [0.4, 0.5) is 5.69 Å². The highest BCUT2D eigenvalue weighted by Gasteiger charge is 2.19. The van der Waals surface area contributed by atoms with Crippen LogP contribution < -0.4 is 5.32 Å². The summed E-state index contributed by atoms with van der Waals surface area (Å²) in [6.07, 6.45) is 0. The molecule has 1 heterocycles. The molecule has 0 atom stereocenters. The molecule has 0 spiro atoms. The molecule has 1 amide bonds. The summed E-state index contributed by atoms with van der Waals surface area (Å²) < 4.78 is 5.21. The van der Waals surface area contributed by atoms with E-state index < -0.39 is 18.5 Å². The van der Waals surface area contributed by atoms with E-state index in [1.807, 2.05) is 31.2 Å². The lowest BCUT2D eigenvalue weighted by atomic mass is 10.0. The predicted octanol–water partition coefficient (Wildman–Crippen LogP) is 5.26. The number of nitrogens with zero attached hydrogens (tertiary/aromatic N) is 1. The Hall–Kier alpha value is -2.63. The summed E-state index contributed by atoms with van der Waals surface area (Å²) in [7, 11) is 0. The van der Waals surface area contributed by atoms with Gasteiger partial charge < -0.3 is 10.1 Å². The number of rotatable bonds is 4. The molecule has 0 fully saturated rings. The maximum atomic E-state index is 12.6. The number of nitrogens with one attached hydrogen (secondary N) is 1. The van der Waals surface area contributed by atoms with Crippen LogP contribution in [0.25, 0.3) is 10.9 Å². The van der Waals surface area contributed by atoms with E-state index in [0.29, 0.717) is 27.0 Å². The molecule has 0 aliphatic carbocycles. The molecule has 0 unspecified atom stereocenters. The van der Waals surface area contributed by atoms with Gasteiger partial charge in [0.05, 0.1) is 32.5 Å². The van der Waals surface area contributed by atoms with Crippen LogP contribution in [-0.2, 0) is 9.53 Å². The van der Waals surface area contributed by atoms with Gasteiger partial charge in [-0.2, -0.15) is 0 Å². The highest BCUT2D eigenvalue weighted by Crippen LogP contribution is 2.32. The molecule has 3 aromatic rings. The van der Waals surface area contributed by atoms with Gasteiger partial charge in [-0.15, -0.1) is 0 Å². The number of pyridine rings is 1. The maximum absolute atomic E-state index is 12.6. The molecule has 0 aliphatic rings. The number of hydrogen-bond donors (Lipinski definition) is 1. The standard InChI is InChI=1S/C21H18Cl2N2O3/c1-11-8-9-15(22)20(19(11)23)25-17(26)10-28-21(27)18-12(2)14-6-4-5-7-16(14)24-13(18)3/h4-9H,10H2,1-3H3,(H,25,26). The number of anilines is 1. The summed E-state index contributed by atoms with van der Waals surface area (Å²) in [4.78, 5) is 29.3. The number of fused-ring (bicyclic) bond motifs is 1. The number of para-hydroxylation sites is 1. The highest BCUT2D eigenvalue weighted by molar-refractivity contribution is 6.40. The molecule has 1 aromatic heterocycles. The number of carbonyl (C=O) groups excluding carboxylic acids is 2. The number of ether oxygens (including phenoxy) is 1. The molecule has 3 rings (SSSR count). The third-order valence-corrected chi connectivity index (χ3v) is 5.22. The van der Waals surface area contributed by atoms with Crippen molar-refractivity contribution >= 4 is 51.7 Å². The number of benzene rings is 2. The molecule has 0 aliphatic heterocycles. The summed E-state index contributed by atoms with van der Waals surface area (Å²) in [5.74, 6) is -1.14. The minimum Gasteiger partial charge on any atom is -0.452 e. The molecule has 0 saturated heterocycles. The zero-order chi connectivity index (χ0) is 20.4. The largest absolute Gasteiger partial charge is 0.452 e. The molecule has 1 N–H and O–H groups in total. The Morgan fingerprint density at radius 3 is 2.54 bits per heavy atom. The molecule has 0 saturated carbocycles. The van der Waals surface area contributed by atoms with Crippen molar-refractivity contribution in [2.45, 2.75) is 20.8 Å². The first kappa shape index (κ1) is 20.1. The van der Waals surface area contributed by atoms with Gasteiger partial charge in [0.15, 0.2) is 6.61 Å². The summed E-state index contributed by atoms with van der Waals surface area (Å²) in [6.45, 7) is 4.90. The van der Waals surface area contributed by atoms with Gasteiger partial charge in [-0.25, -0.2) is 4.79 Å². The van der Waals surface area contributed by atoms with E-state index in [4.69, 9.17) is 27.9 Å². The molecule has 0 bridgehead atoms. The van der Waals surface area contributed by atoms with Crippen LogP contribution in [0.1, 0.15) is 27.2 Å². The Morgan fingerprint density at radius 1 is 1.07 bits per heavy atom. The Labute approximate surface area is 172 Å². The summed E-state index contributed by atoms with van der Waals surface area (Å²) >= 11 is 12.3. The molecule has 2 aromatic carbocycles. The SMILES string of the molecule is Cc1ccc(Cl)c(NC(=O)COC(=O)c2c(C)nc3ccccc3c2C)c1Cl. The average Bonchev–Trinajstić information content (AvgIpc) is 2.66. The number of carbonyl (C=O) groups is 2. The van der Waals surface area contributed by atoms with Crippen LogP contribution in [0.15, 0.2) is 36.4 Å². The van der Waals surface area contributed by atoms with Crippen molar-refractivity contribution in [1.82, 2.24) is 4.98 Å². The molecular formula is C21H18Cl2N2O3. The lowest BCUT2D eigenvalue weighted by Gasteiger charge is -2.13. The molecular weight excluding hydrogens is 399 g/mol. The van der Waals surface area contributed by atoms with Gasteiger partial charge in [-0.05, 0) is 44.0 Å². The number of amides is 1. The van der Waals surface area contributed by atoms with Gasteiger partial charge in [0.1, 0.15) is 0 Å². The van der Waals surface area contributed by atoms with E-state index in [2.05, 4.69) is 10.3 Å². The Bertz CT molecular complexity index is 1100. The van der Waals surface area contributed by atoms with Gasteiger partial charge >= 0.3 is 5.97 Å². The fourth-order valence-electron chi connectivity index (χ4n) is 2.98. The van der Waals surface area contributed by atoms with E-state index in [0.717, 1.165) is 22.0 Å². The Morgan fingerprint density at radius 2 is 1.79 bits per heavy atom. The third-order valence-electron chi connectivity index (χ3n) is 4.42. The first-order valence-electron chi connectivity index (χ1n) is 8.57. The van der Waals surface area contributed by atoms with Gasteiger partial charge in [-0.1, -0.05) is 47.5 Å². The van der Waals surface area contributed by atoms with Crippen molar-refractivity contribution in [3.63, 3.8) is 0 Å². The normalized spacial score (nSPS) is 10.8. The van der Waals surface area contributed by atoms with Crippen molar-refractivity contribution in [1.29, 1.82) is 0 Å². The van der Waals surface area contributed by atoms with E-state index in [9.17, 15) is 9.59 Å². The van der Waals surface area contributed by atoms with Crippen molar-refractivity contribution in [2.24, 2.45) is 0 Å². The summed E-state index contributed by atoms with van der Waals surface area (Å²) in [5.41, 5.74) is 3.54. The molecule has 144 valence electrons. The molecule has 28 heavy (non-hydrogen) atoms. The van der Waals surface area contributed by atoms with Crippen LogP contribution in [-0.4, -0.2) is 23.5 Å². The second-order valence-corrected chi connectivity index (χ2v) is 7.18. The second-order valence-electron chi connectivity index (χ2n) is 6.39. The van der Waals surface area contributed by atoms with E-state index in [1.54, 1.807) is 26.0 Å². The lowest BCUT2D eigenvalue weighted by molar-refractivity contribution is -0.119. The number of halogens is 2. The first-order valence-corrected chi connectivity index (χ1v) is 9.32. The Kier molecular flexibility index (Phi) is 5.87.